The second-order valence-corrected chi connectivity index (χ2v) is 8.50. The predicted molar refractivity (Wildman–Crippen MR) is 125 cm³/mol. The molecule has 1 saturated heterocycles. The molecule has 7 heteroatoms. The third-order valence-corrected chi connectivity index (χ3v) is 5.93. The van der Waals surface area contributed by atoms with Crippen LogP contribution >= 0.6 is 0 Å². The van der Waals surface area contributed by atoms with Gasteiger partial charge in [-0.1, -0.05) is 18.2 Å². The van der Waals surface area contributed by atoms with Crippen molar-refractivity contribution in [3.05, 3.63) is 78.0 Å². The van der Waals surface area contributed by atoms with Gasteiger partial charge in [0.25, 0.3) is 5.91 Å². The highest BCUT2D eigenvalue weighted by Crippen LogP contribution is 2.28. The quantitative estimate of drug-likeness (QED) is 0.559. The summed E-state index contributed by atoms with van der Waals surface area (Å²) < 4.78 is 24.7. The minimum Gasteiger partial charge on any atom is -0.483 e. The molecule has 0 bridgehead atoms. The highest BCUT2D eigenvalue weighted by atomic mass is 19.1. The molecule has 1 aliphatic rings. The van der Waals surface area contributed by atoms with Crippen molar-refractivity contribution in [2.45, 2.75) is 19.5 Å². The van der Waals surface area contributed by atoms with E-state index in [4.69, 9.17) is 9.15 Å². The van der Waals surface area contributed by atoms with Crippen LogP contribution in [0.25, 0.3) is 11.1 Å². The molecule has 1 N–H and O–H groups in total. The zero-order chi connectivity index (χ0) is 23.2. The molecular weight excluding hydrogens is 421 g/mol. The number of carbonyl (C=O) groups is 1. The lowest BCUT2D eigenvalue weighted by molar-refractivity contribution is -0.123. The largest absolute Gasteiger partial charge is 0.483 e. The van der Waals surface area contributed by atoms with Crippen LogP contribution in [-0.2, 0) is 11.3 Å². The van der Waals surface area contributed by atoms with Gasteiger partial charge in [-0.05, 0) is 61.5 Å². The monoisotopic (exact) mass is 451 g/mol. The van der Waals surface area contributed by atoms with Gasteiger partial charge in [0.15, 0.2) is 6.61 Å². The number of piperazine rings is 1. The summed E-state index contributed by atoms with van der Waals surface area (Å²) in [5.74, 6) is 0.904. The van der Waals surface area contributed by atoms with Gasteiger partial charge in [0.05, 0.1) is 12.3 Å². The topological polar surface area (TPSA) is 58.0 Å². The Labute approximate surface area is 193 Å². The molecule has 0 aliphatic carbocycles. The van der Waals surface area contributed by atoms with Crippen LogP contribution in [0.2, 0.25) is 0 Å². The molecule has 0 spiro atoms. The first-order valence-electron chi connectivity index (χ1n) is 11.2. The first kappa shape index (κ1) is 23.0. The molecule has 3 aromatic rings. The number of hydrogen-bond acceptors (Lipinski definition) is 5. The van der Waals surface area contributed by atoms with Crippen LogP contribution in [0.4, 0.5) is 4.39 Å². The van der Waals surface area contributed by atoms with Crippen molar-refractivity contribution in [3.8, 4) is 16.9 Å². The summed E-state index contributed by atoms with van der Waals surface area (Å²) in [5, 5.41) is 2.89. The summed E-state index contributed by atoms with van der Waals surface area (Å²) in [6, 6.07) is 15.8. The molecule has 0 unspecified atom stereocenters. The Balaban J connectivity index is 1.47. The van der Waals surface area contributed by atoms with E-state index in [0.29, 0.717) is 11.5 Å². The molecule has 2 heterocycles. The Bertz CT molecular complexity index is 1050. The van der Waals surface area contributed by atoms with E-state index in [1.54, 1.807) is 24.5 Å². The summed E-state index contributed by atoms with van der Waals surface area (Å²) in [5.41, 5.74) is 2.93. The highest BCUT2D eigenvalue weighted by Gasteiger charge is 2.18. The van der Waals surface area contributed by atoms with Gasteiger partial charge in [-0.15, -0.1) is 0 Å². The number of nitrogens with zero attached hydrogens (tertiary/aromatic N) is 2. The maximum absolute atomic E-state index is 13.4. The molecule has 1 aliphatic heterocycles. The molecule has 0 saturated carbocycles. The minimum absolute atomic E-state index is 0.0866. The summed E-state index contributed by atoms with van der Waals surface area (Å²) in [6.45, 7) is 6.48. The van der Waals surface area contributed by atoms with Crippen LogP contribution in [0.1, 0.15) is 24.3 Å². The maximum Gasteiger partial charge on any atom is 0.258 e. The number of likely N-dealkylation sites (N-methyl/N-ethyl adjacent to an activating group) is 1. The lowest BCUT2D eigenvalue weighted by atomic mass is 10.0. The smallest absolute Gasteiger partial charge is 0.258 e. The van der Waals surface area contributed by atoms with Crippen LogP contribution in [-0.4, -0.2) is 55.5 Å². The van der Waals surface area contributed by atoms with Crippen LogP contribution in [0, 0.1) is 5.82 Å². The number of nitrogens with one attached hydrogen (secondary N) is 1. The molecule has 4 rings (SSSR count). The average Bonchev–Trinajstić information content (AvgIpc) is 3.35. The van der Waals surface area contributed by atoms with E-state index < -0.39 is 0 Å². The van der Waals surface area contributed by atoms with Gasteiger partial charge < -0.3 is 19.4 Å². The molecule has 6 nitrogen and oxygen atoms in total. The van der Waals surface area contributed by atoms with E-state index >= 15 is 0 Å². The van der Waals surface area contributed by atoms with Gasteiger partial charge in [-0.3, -0.25) is 9.69 Å². The SMILES string of the molecule is C[C@@H](NC(=O)COc1ccc(-c2ccc(F)cc2)cc1CN1CCN(C)CC1)c1ccco1. The van der Waals surface area contributed by atoms with E-state index in [1.807, 2.05) is 25.1 Å². The number of ether oxygens (including phenoxy) is 1. The van der Waals surface area contributed by atoms with Crippen LogP contribution in [0.5, 0.6) is 5.75 Å². The number of rotatable bonds is 8. The van der Waals surface area contributed by atoms with Crippen molar-refractivity contribution in [2.75, 3.05) is 39.8 Å². The second-order valence-electron chi connectivity index (χ2n) is 8.50. The van der Waals surface area contributed by atoms with Gasteiger partial charge in [0, 0.05) is 38.3 Å². The predicted octanol–water partition coefficient (Wildman–Crippen LogP) is 4.09. The van der Waals surface area contributed by atoms with E-state index in [0.717, 1.165) is 49.4 Å². The van der Waals surface area contributed by atoms with Crippen molar-refractivity contribution < 1.29 is 18.3 Å². The summed E-state index contributed by atoms with van der Waals surface area (Å²) in [7, 11) is 2.13. The van der Waals surface area contributed by atoms with Crippen molar-refractivity contribution >= 4 is 5.91 Å². The fourth-order valence-electron chi connectivity index (χ4n) is 3.95. The Morgan fingerprint density at radius 2 is 1.82 bits per heavy atom. The van der Waals surface area contributed by atoms with Gasteiger partial charge in [-0.25, -0.2) is 4.39 Å². The number of carbonyl (C=O) groups excluding carboxylic acids is 1. The van der Waals surface area contributed by atoms with Crippen molar-refractivity contribution in [2.24, 2.45) is 0 Å². The lowest BCUT2D eigenvalue weighted by Gasteiger charge is -2.32. The Morgan fingerprint density at radius 1 is 1.09 bits per heavy atom. The van der Waals surface area contributed by atoms with Gasteiger partial charge in [0.1, 0.15) is 17.3 Å². The highest BCUT2D eigenvalue weighted by molar-refractivity contribution is 5.78. The van der Waals surface area contributed by atoms with Crippen LogP contribution < -0.4 is 10.1 Å². The zero-order valence-corrected chi connectivity index (χ0v) is 19.1. The molecule has 33 heavy (non-hydrogen) atoms. The molecule has 1 atom stereocenters. The Morgan fingerprint density at radius 3 is 2.52 bits per heavy atom. The number of furan rings is 1. The third kappa shape index (κ3) is 6.21. The van der Waals surface area contributed by atoms with E-state index in [-0.39, 0.29) is 24.4 Å². The van der Waals surface area contributed by atoms with Gasteiger partial charge in [-0.2, -0.15) is 0 Å². The molecule has 0 radical (unpaired) electrons. The van der Waals surface area contributed by atoms with Gasteiger partial charge >= 0.3 is 0 Å². The summed E-state index contributed by atoms with van der Waals surface area (Å²) in [6.07, 6.45) is 1.59. The average molecular weight is 452 g/mol. The summed E-state index contributed by atoms with van der Waals surface area (Å²) in [4.78, 5) is 17.1. The third-order valence-electron chi connectivity index (χ3n) is 5.93. The van der Waals surface area contributed by atoms with Gasteiger partial charge in [0.2, 0.25) is 0 Å². The maximum atomic E-state index is 13.4. The minimum atomic E-state index is -0.258. The van der Waals surface area contributed by atoms with Crippen molar-refractivity contribution in [1.82, 2.24) is 15.1 Å². The van der Waals surface area contributed by atoms with Crippen LogP contribution in [0.15, 0.2) is 65.3 Å². The number of halogens is 1. The number of hydrogen-bond donors (Lipinski definition) is 1. The fraction of sp³-hybridized carbons (Fsp3) is 0.346. The molecule has 1 amide bonds. The Hall–Kier alpha value is -3.16. The molecule has 2 aromatic carbocycles. The molecule has 174 valence electrons. The Kier molecular flexibility index (Phi) is 7.42. The fourth-order valence-corrected chi connectivity index (χ4v) is 3.95. The summed E-state index contributed by atoms with van der Waals surface area (Å²) >= 11 is 0. The lowest BCUT2D eigenvalue weighted by Crippen LogP contribution is -2.43. The normalized spacial score (nSPS) is 15.8. The van der Waals surface area contributed by atoms with Crippen molar-refractivity contribution in [3.63, 3.8) is 0 Å². The first-order chi connectivity index (χ1) is 16.0. The molecule has 1 aromatic heterocycles. The first-order valence-corrected chi connectivity index (χ1v) is 11.2. The number of benzene rings is 2. The van der Waals surface area contributed by atoms with E-state index in [1.165, 1.54) is 12.1 Å². The zero-order valence-electron chi connectivity index (χ0n) is 19.1. The van der Waals surface area contributed by atoms with Crippen LogP contribution in [0.3, 0.4) is 0 Å². The molecule has 1 fully saturated rings. The molecular formula is C26H30FN3O3. The second kappa shape index (κ2) is 10.6. The number of amides is 1. The van der Waals surface area contributed by atoms with Crippen molar-refractivity contribution in [1.29, 1.82) is 0 Å². The standard InChI is InChI=1S/C26H30FN3O3/c1-19(24-4-3-15-32-24)28-26(31)18-33-25-10-7-21(20-5-8-23(27)9-6-20)16-22(25)17-30-13-11-29(2)12-14-30/h3-10,15-16,19H,11-14,17-18H2,1-2H3,(H,28,31)/t19-/m1/s1. The van der Waals surface area contributed by atoms with E-state index in [9.17, 15) is 9.18 Å². The van der Waals surface area contributed by atoms with E-state index in [2.05, 4.69) is 28.2 Å².